The molecule has 3 nitrogen and oxygen atoms in total. The highest BCUT2D eigenvalue weighted by Crippen LogP contribution is 2.63. The average Bonchev–Trinajstić information content (AvgIpc) is 3.96. The summed E-state index contributed by atoms with van der Waals surface area (Å²) in [4.78, 5) is 10.5. The molecule has 0 saturated heterocycles. The molecular weight excluding hydrogens is 727 g/mol. The number of aromatic nitrogens is 3. The van der Waals surface area contributed by atoms with Gasteiger partial charge in [0, 0.05) is 27.6 Å². The minimum Gasteiger partial charge on any atom is -0.292 e. The molecule has 0 bridgehead atoms. The van der Waals surface area contributed by atoms with Crippen LogP contribution in [0, 0.1) is 0 Å². The third kappa shape index (κ3) is 4.54. The van der Waals surface area contributed by atoms with E-state index in [0.717, 1.165) is 56.0 Å². The predicted molar refractivity (Wildman–Crippen MR) is 246 cm³/mol. The number of para-hydroxylation sites is 3. The van der Waals surface area contributed by atoms with Gasteiger partial charge in [0.2, 0.25) is 0 Å². The molecule has 0 radical (unpaired) electrons. The fourth-order valence-corrected chi connectivity index (χ4v) is 10.4. The van der Waals surface area contributed by atoms with E-state index in [1.54, 1.807) is 0 Å². The zero-order chi connectivity index (χ0) is 39.4. The molecule has 0 fully saturated rings. The molecule has 2 heterocycles. The lowest BCUT2D eigenvalue weighted by Crippen LogP contribution is -2.25. The number of hydrogen-bond acceptors (Lipinski definition) is 2. The highest BCUT2D eigenvalue weighted by molar-refractivity contribution is 6.14. The predicted octanol–water partition coefficient (Wildman–Crippen LogP) is 14.1. The smallest absolute Gasteiger partial charge is 0.145 e. The fourth-order valence-electron chi connectivity index (χ4n) is 10.4. The van der Waals surface area contributed by atoms with Crippen molar-refractivity contribution >= 4 is 32.7 Å². The summed E-state index contributed by atoms with van der Waals surface area (Å²) in [6.45, 7) is 0. The molecular formula is C57H35N3. The molecule has 2 aromatic heterocycles. The Kier molecular flexibility index (Phi) is 6.93. The maximum atomic E-state index is 5.44. The van der Waals surface area contributed by atoms with Crippen LogP contribution in [0.1, 0.15) is 22.3 Å². The van der Waals surface area contributed by atoms with Crippen LogP contribution in [-0.2, 0) is 5.41 Å². The number of fused-ring (bicyclic) bond motifs is 14. The van der Waals surface area contributed by atoms with E-state index in [1.165, 1.54) is 60.7 Å². The van der Waals surface area contributed by atoms with Crippen molar-refractivity contribution in [1.82, 2.24) is 14.5 Å². The molecule has 0 aliphatic heterocycles. The van der Waals surface area contributed by atoms with Crippen molar-refractivity contribution in [3.8, 4) is 61.7 Å². The van der Waals surface area contributed by atoms with E-state index >= 15 is 0 Å². The van der Waals surface area contributed by atoms with Crippen molar-refractivity contribution in [2.75, 3.05) is 0 Å². The molecule has 60 heavy (non-hydrogen) atoms. The van der Waals surface area contributed by atoms with Gasteiger partial charge in [-0.05, 0) is 103 Å². The van der Waals surface area contributed by atoms with Gasteiger partial charge < -0.3 is 0 Å². The van der Waals surface area contributed by atoms with Crippen LogP contribution in [0.2, 0.25) is 0 Å². The molecule has 13 rings (SSSR count). The maximum Gasteiger partial charge on any atom is 0.145 e. The number of hydrogen-bond donors (Lipinski definition) is 0. The van der Waals surface area contributed by atoms with Gasteiger partial charge in [0.05, 0.1) is 27.7 Å². The van der Waals surface area contributed by atoms with E-state index in [9.17, 15) is 0 Å². The first kappa shape index (κ1) is 33.1. The van der Waals surface area contributed by atoms with E-state index in [0.29, 0.717) is 0 Å². The Morgan fingerprint density at radius 1 is 0.333 bits per heavy atom. The SMILES string of the molecule is c1ccc(-c2nc3ccccc3n2-c2ccc(-c3ccc(-c4nc5ccccc5c5cc6c(cc45)C4(c5ccccc5-c5ccccc54)c4ccccc4-6)cc3)cc2)cc1. The molecule has 0 amide bonds. The van der Waals surface area contributed by atoms with Gasteiger partial charge >= 0.3 is 0 Å². The summed E-state index contributed by atoms with van der Waals surface area (Å²) in [6, 6.07) is 77.2. The summed E-state index contributed by atoms with van der Waals surface area (Å²) in [5, 5.41) is 3.56. The summed E-state index contributed by atoms with van der Waals surface area (Å²) < 4.78 is 2.26. The van der Waals surface area contributed by atoms with E-state index < -0.39 is 5.41 Å². The monoisotopic (exact) mass is 761 g/mol. The number of imidazole rings is 1. The third-order valence-electron chi connectivity index (χ3n) is 13.0. The second kappa shape index (κ2) is 12.6. The summed E-state index contributed by atoms with van der Waals surface area (Å²) in [5.74, 6) is 0.936. The number of nitrogens with zero attached hydrogens (tertiary/aromatic N) is 3. The van der Waals surface area contributed by atoms with Gasteiger partial charge in [-0.1, -0.05) is 170 Å². The molecule has 11 aromatic rings. The van der Waals surface area contributed by atoms with Crippen molar-refractivity contribution in [3.63, 3.8) is 0 Å². The summed E-state index contributed by atoms with van der Waals surface area (Å²) in [5.41, 5.74) is 19.8. The van der Waals surface area contributed by atoms with Gasteiger partial charge in [-0.15, -0.1) is 0 Å². The Labute approximate surface area is 347 Å². The van der Waals surface area contributed by atoms with Crippen LogP contribution in [0.25, 0.3) is 94.4 Å². The number of rotatable bonds is 4. The minimum atomic E-state index is -0.420. The van der Waals surface area contributed by atoms with Crippen molar-refractivity contribution in [1.29, 1.82) is 0 Å². The quantitative estimate of drug-likeness (QED) is 0.167. The van der Waals surface area contributed by atoms with Gasteiger partial charge in [0.15, 0.2) is 0 Å². The van der Waals surface area contributed by atoms with Crippen LogP contribution < -0.4 is 0 Å². The Morgan fingerprint density at radius 2 is 0.867 bits per heavy atom. The highest BCUT2D eigenvalue weighted by Gasteiger charge is 2.51. The zero-order valence-electron chi connectivity index (χ0n) is 32.5. The van der Waals surface area contributed by atoms with Crippen LogP contribution >= 0.6 is 0 Å². The van der Waals surface area contributed by atoms with Crippen molar-refractivity contribution in [2.45, 2.75) is 5.41 Å². The average molecular weight is 762 g/mol. The number of benzene rings is 9. The Morgan fingerprint density at radius 3 is 1.55 bits per heavy atom. The van der Waals surface area contributed by atoms with Gasteiger partial charge in [-0.2, -0.15) is 0 Å². The molecule has 3 heteroatoms. The first-order valence-corrected chi connectivity index (χ1v) is 20.7. The zero-order valence-corrected chi connectivity index (χ0v) is 32.5. The Bertz CT molecular complexity index is 3480. The molecule has 1 spiro atoms. The molecule has 2 aliphatic rings. The molecule has 9 aromatic carbocycles. The third-order valence-corrected chi connectivity index (χ3v) is 13.0. The maximum absolute atomic E-state index is 5.44. The van der Waals surface area contributed by atoms with E-state index in [1.807, 2.05) is 12.1 Å². The molecule has 0 atom stereocenters. The lowest BCUT2D eigenvalue weighted by atomic mass is 9.70. The first-order valence-electron chi connectivity index (χ1n) is 20.7. The van der Waals surface area contributed by atoms with Gasteiger partial charge in [-0.25, -0.2) is 9.97 Å². The second-order valence-electron chi connectivity index (χ2n) is 16.1. The Hall–Kier alpha value is -7.88. The Balaban J connectivity index is 0.958. The molecule has 278 valence electrons. The van der Waals surface area contributed by atoms with Crippen LogP contribution in [0.4, 0.5) is 0 Å². The van der Waals surface area contributed by atoms with Gasteiger partial charge in [0.25, 0.3) is 0 Å². The van der Waals surface area contributed by atoms with Crippen LogP contribution in [0.5, 0.6) is 0 Å². The van der Waals surface area contributed by atoms with Crippen molar-refractivity contribution in [2.24, 2.45) is 0 Å². The highest BCUT2D eigenvalue weighted by atomic mass is 15.1. The molecule has 0 N–H and O–H groups in total. The normalized spacial score (nSPS) is 13.1. The topological polar surface area (TPSA) is 30.7 Å². The summed E-state index contributed by atoms with van der Waals surface area (Å²) in [6.07, 6.45) is 0. The number of pyridine rings is 1. The lowest BCUT2D eigenvalue weighted by molar-refractivity contribution is 0.795. The standard InChI is InChI=1S/C57H35N3/c1-2-14-39(15-3-1)56-59-53-24-12-13-25-54(53)60(56)40-32-30-37(31-33-40)36-26-28-38(29-27-36)55-47-35-51-46(34-45(47)44-19-7-11-23-52(44)58-55)43-18-6-10-22-50(43)57(51)48-20-8-4-16-41(48)42-17-5-9-21-49(42)57/h1-35H. The van der Waals surface area contributed by atoms with Crippen LogP contribution in [0.15, 0.2) is 212 Å². The summed E-state index contributed by atoms with van der Waals surface area (Å²) >= 11 is 0. The molecule has 2 aliphatic carbocycles. The van der Waals surface area contributed by atoms with Gasteiger partial charge in [0.1, 0.15) is 5.82 Å². The largest absolute Gasteiger partial charge is 0.292 e. The fraction of sp³-hybridized carbons (Fsp3) is 0.0175. The van der Waals surface area contributed by atoms with E-state index in [2.05, 4.69) is 205 Å². The minimum absolute atomic E-state index is 0.420. The molecule has 0 unspecified atom stereocenters. The van der Waals surface area contributed by atoms with Gasteiger partial charge in [-0.3, -0.25) is 4.57 Å². The summed E-state index contributed by atoms with van der Waals surface area (Å²) in [7, 11) is 0. The van der Waals surface area contributed by atoms with Crippen LogP contribution in [-0.4, -0.2) is 14.5 Å². The van der Waals surface area contributed by atoms with Crippen molar-refractivity contribution in [3.05, 3.63) is 235 Å². The van der Waals surface area contributed by atoms with E-state index in [-0.39, 0.29) is 0 Å². The van der Waals surface area contributed by atoms with Crippen molar-refractivity contribution < 1.29 is 0 Å². The van der Waals surface area contributed by atoms with Crippen LogP contribution in [0.3, 0.4) is 0 Å². The first-order chi connectivity index (χ1) is 29.8. The second-order valence-corrected chi connectivity index (χ2v) is 16.1. The molecule has 0 saturated carbocycles. The lowest BCUT2D eigenvalue weighted by Gasteiger charge is -2.30. The van der Waals surface area contributed by atoms with E-state index in [4.69, 9.17) is 9.97 Å².